The molecule has 1 aliphatic heterocycles. The Labute approximate surface area is 118 Å². The van der Waals surface area contributed by atoms with Gasteiger partial charge in [-0.15, -0.1) is 0 Å². The Morgan fingerprint density at radius 1 is 1.26 bits per heavy atom. The highest BCUT2D eigenvalue weighted by Gasteiger charge is 2.23. The molecule has 4 nitrogen and oxygen atoms in total. The molecule has 1 aromatic rings. The first-order chi connectivity index (χ1) is 8.76. The highest BCUT2D eigenvalue weighted by Crippen LogP contribution is 2.28. The minimum atomic E-state index is -3.13. The lowest BCUT2D eigenvalue weighted by molar-refractivity contribution is 0.438. The van der Waals surface area contributed by atoms with Gasteiger partial charge in [0.15, 0.2) is 15.0 Å². The second kappa shape index (κ2) is 5.17. The van der Waals surface area contributed by atoms with Crippen molar-refractivity contribution < 1.29 is 8.42 Å². The minimum absolute atomic E-state index is 0.246. The molecule has 0 unspecified atom stereocenters. The summed E-state index contributed by atoms with van der Waals surface area (Å²) in [6.07, 6.45) is 1.21. The lowest BCUT2D eigenvalue weighted by Gasteiger charge is -2.27. The van der Waals surface area contributed by atoms with Crippen LogP contribution in [0.3, 0.4) is 0 Å². The summed E-state index contributed by atoms with van der Waals surface area (Å²) in [5.74, 6) is 1.03. The molecule has 1 aromatic carbocycles. The first-order valence-corrected chi connectivity index (χ1v) is 8.88. The average molecular weight is 298 g/mol. The smallest absolute Gasteiger partial charge is 0.175 e. The lowest BCUT2D eigenvalue weighted by Crippen LogP contribution is -2.27. The number of nitrogens with zero attached hydrogens (tertiary/aromatic N) is 1. The van der Waals surface area contributed by atoms with Crippen molar-refractivity contribution in [2.75, 3.05) is 23.9 Å². The summed E-state index contributed by atoms with van der Waals surface area (Å²) in [6.45, 7) is 5.20. The summed E-state index contributed by atoms with van der Waals surface area (Å²) in [5.41, 5.74) is 1.11. The van der Waals surface area contributed by atoms with Crippen LogP contribution in [0.5, 0.6) is 0 Å². The van der Waals surface area contributed by atoms with Crippen LogP contribution in [-0.4, -0.2) is 32.1 Å². The predicted molar refractivity (Wildman–Crippen MR) is 81.7 cm³/mol. The molecule has 0 atom stereocenters. The van der Waals surface area contributed by atoms with E-state index in [-0.39, 0.29) is 5.41 Å². The molecule has 1 aliphatic rings. The zero-order chi connectivity index (χ0) is 14.1. The maximum atomic E-state index is 11.4. The van der Waals surface area contributed by atoms with Crippen LogP contribution >= 0.6 is 11.8 Å². The molecule has 0 fully saturated rings. The van der Waals surface area contributed by atoms with Gasteiger partial charge in [-0.25, -0.2) is 8.42 Å². The molecule has 1 N–H and O–H groups in total. The number of amidine groups is 1. The van der Waals surface area contributed by atoms with Gasteiger partial charge in [0.05, 0.1) is 4.90 Å². The Morgan fingerprint density at radius 3 is 2.37 bits per heavy atom. The number of aliphatic imine (C=N–C) groups is 1. The molecule has 0 radical (unpaired) electrons. The maximum Gasteiger partial charge on any atom is 0.175 e. The topological polar surface area (TPSA) is 58.5 Å². The van der Waals surface area contributed by atoms with Crippen LogP contribution < -0.4 is 5.32 Å². The molecule has 2 rings (SSSR count). The molecule has 19 heavy (non-hydrogen) atoms. The number of benzene rings is 1. The summed E-state index contributed by atoms with van der Waals surface area (Å²) >= 11 is 1.70. The predicted octanol–water partition coefficient (Wildman–Crippen LogP) is 2.63. The summed E-state index contributed by atoms with van der Waals surface area (Å²) in [5, 5.41) is 4.11. The summed E-state index contributed by atoms with van der Waals surface area (Å²) < 4.78 is 22.7. The highest BCUT2D eigenvalue weighted by molar-refractivity contribution is 8.14. The monoisotopic (exact) mass is 298 g/mol. The van der Waals surface area contributed by atoms with E-state index in [0.29, 0.717) is 4.90 Å². The first kappa shape index (κ1) is 14.4. The Bertz CT molecular complexity index is 590. The van der Waals surface area contributed by atoms with Gasteiger partial charge in [-0.05, 0) is 29.7 Å². The molecule has 0 spiro atoms. The number of thioether (sulfide) groups is 1. The van der Waals surface area contributed by atoms with E-state index in [1.807, 2.05) is 0 Å². The van der Waals surface area contributed by atoms with Gasteiger partial charge in [0, 0.05) is 24.2 Å². The Balaban J connectivity index is 2.07. The molecule has 0 aliphatic carbocycles. The Hall–Kier alpha value is -1.01. The van der Waals surface area contributed by atoms with Crippen molar-refractivity contribution in [2.45, 2.75) is 18.7 Å². The third kappa shape index (κ3) is 3.98. The molecule has 0 bridgehead atoms. The largest absolute Gasteiger partial charge is 0.335 e. The SMILES string of the molecule is CC1(C)CN=C(Nc2ccc(S(C)(=O)=O)cc2)SC1. The molecule has 0 saturated heterocycles. The zero-order valence-electron chi connectivity index (χ0n) is 11.3. The molecule has 0 saturated carbocycles. The lowest BCUT2D eigenvalue weighted by atomic mass is 9.97. The average Bonchev–Trinajstić information content (AvgIpc) is 2.31. The molecule has 104 valence electrons. The quantitative estimate of drug-likeness (QED) is 0.912. The number of anilines is 1. The van der Waals surface area contributed by atoms with E-state index in [1.165, 1.54) is 6.26 Å². The third-order valence-electron chi connectivity index (χ3n) is 2.78. The van der Waals surface area contributed by atoms with E-state index < -0.39 is 9.84 Å². The van der Waals surface area contributed by atoms with Crippen LogP contribution in [-0.2, 0) is 9.84 Å². The molecule has 1 heterocycles. The summed E-state index contributed by atoms with van der Waals surface area (Å²) in [6, 6.07) is 6.74. The summed E-state index contributed by atoms with van der Waals surface area (Å²) in [4.78, 5) is 4.83. The van der Waals surface area contributed by atoms with Gasteiger partial charge in [-0.3, -0.25) is 4.99 Å². The van der Waals surface area contributed by atoms with E-state index in [9.17, 15) is 8.42 Å². The van der Waals surface area contributed by atoms with Crippen molar-refractivity contribution in [1.29, 1.82) is 0 Å². The number of rotatable bonds is 2. The standard InChI is InChI=1S/C13H18N2O2S2/c1-13(2)8-14-12(18-9-13)15-10-4-6-11(7-5-10)19(3,16)17/h4-7H,8-9H2,1-3H3,(H,14,15). The van der Waals surface area contributed by atoms with Gasteiger partial charge in [0.2, 0.25) is 0 Å². The van der Waals surface area contributed by atoms with Gasteiger partial charge >= 0.3 is 0 Å². The van der Waals surface area contributed by atoms with E-state index >= 15 is 0 Å². The van der Waals surface area contributed by atoms with Crippen molar-refractivity contribution in [2.24, 2.45) is 10.4 Å². The molecular formula is C13H18N2O2S2. The molecule has 0 aromatic heterocycles. The van der Waals surface area contributed by atoms with E-state index in [1.54, 1.807) is 36.0 Å². The van der Waals surface area contributed by atoms with Crippen molar-refractivity contribution in [3.05, 3.63) is 24.3 Å². The maximum absolute atomic E-state index is 11.4. The zero-order valence-corrected chi connectivity index (χ0v) is 12.9. The van der Waals surface area contributed by atoms with Crippen LogP contribution in [0.4, 0.5) is 5.69 Å². The Morgan fingerprint density at radius 2 is 1.89 bits per heavy atom. The van der Waals surface area contributed by atoms with Crippen LogP contribution in [0.1, 0.15) is 13.8 Å². The van der Waals surface area contributed by atoms with Crippen LogP contribution in [0.15, 0.2) is 34.2 Å². The number of hydrogen-bond acceptors (Lipinski definition) is 5. The fraction of sp³-hybridized carbons (Fsp3) is 0.462. The van der Waals surface area contributed by atoms with Crippen molar-refractivity contribution in [1.82, 2.24) is 0 Å². The first-order valence-electron chi connectivity index (χ1n) is 6.01. The van der Waals surface area contributed by atoms with Gasteiger partial charge in [-0.1, -0.05) is 25.6 Å². The normalized spacial score (nSPS) is 18.8. The molecule has 6 heteroatoms. The van der Waals surface area contributed by atoms with Crippen molar-refractivity contribution in [3.63, 3.8) is 0 Å². The van der Waals surface area contributed by atoms with Crippen LogP contribution in [0.25, 0.3) is 0 Å². The van der Waals surface area contributed by atoms with E-state index in [2.05, 4.69) is 24.2 Å². The third-order valence-corrected chi connectivity index (χ3v) is 5.34. The fourth-order valence-corrected chi connectivity index (χ4v) is 3.22. The number of sulfone groups is 1. The minimum Gasteiger partial charge on any atom is -0.335 e. The van der Waals surface area contributed by atoms with E-state index in [0.717, 1.165) is 23.2 Å². The molecule has 0 amide bonds. The van der Waals surface area contributed by atoms with Crippen molar-refractivity contribution in [3.8, 4) is 0 Å². The Kier molecular flexibility index (Phi) is 3.92. The summed E-state index contributed by atoms with van der Waals surface area (Å²) in [7, 11) is -3.13. The van der Waals surface area contributed by atoms with E-state index in [4.69, 9.17) is 0 Å². The van der Waals surface area contributed by atoms with Gasteiger partial charge < -0.3 is 5.32 Å². The van der Waals surface area contributed by atoms with Crippen LogP contribution in [0.2, 0.25) is 0 Å². The number of hydrogen-bond donors (Lipinski definition) is 1. The van der Waals surface area contributed by atoms with Crippen molar-refractivity contribution >= 4 is 32.5 Å². The van der Waals surface area contributed by atoms with Gasteiger partial charge in [-0.2, -0.15) is 0 Å². The highest BCUT2D eigenvalue weighted by atomic mass is 32.2. The number of nitrogens with one attached hydrogen (secondary N) is 1. The van der Waals surface area contributed by atoms with Crippen LogP contribution in [0, 0.1) is 5.41 Å². The second-order valence-electron chi connectivity index (χ2n) is 5.50. The fourth-order valence-electron chi connectivity index (χ4n) is 1.63. The van der Waals surface area contributed by atoms with Gasteiger partial charge in [0.1, 0.15) is 0 Å². The van der Waals surface area contributed by atoms with Gasteiger partial charge in [0.25, 0.3) is 0 Å². The molecular weight excluding hydrogens is 280 g/mol. The second-order valence-corrected chi connectivity index (χ2v) is 8.48.